The molecule has 2 aromatic heterocycles. The first kappa shape index (κ1) is 18.8. The Bertz CT molecular complexity index is 963. The third kappa shape index (κ3) is 3.89. The number of rotatable bonds is 6. The highest BCUT2D eigenvalue weighted by Gasteiger charge is 2.18. The fraction of sp³-hybridized carbons (Fsp3) is 0.316. The van der Waals surface area contributed by atoms with Crippen molar-refractivity contribution in [2.45, 2.75) is 39.8 Å². The maximum atomic E-state index is 14.0. The standard InChI is InChI=1S/C19H21F2N5O/c1-4-18-22-7-8-25(18)11-19(27)24-12(2)15-10-23-26(13(15)3)17-6-5-14(20)9-16(17)21/h5-10,12H,4,11H2,1-3H3,(H,24,27). The van der Waals surface area contributed by atoms with Crippen LogP contribution in [0.3, 0.4) is 0 Å². The van der Waals surface area contributed by atoms with E-state index in [0.717, 1.165) is 23.9 Å². The summed E-state index contributed by atoms with van der Waals surface area (Å²) in [6, 6.07) is 3.02. The van der Waals surface area contributed by atoms with E-state index in [0.29, 0.717) is 5.69 Å². The molecule has 1 aromatic carbocycles. The second-order valence-electron chi connectivity index (χ2n) is 6.31. The van der Waals surface area contributed by atoms with E-state index in [2.05, 4.69) is 15.4 Å². The van der Waals surface area contributed by atoms with Gasteiger partial charge in [0.2, 0.25) is 5.91 Å². The van der Waals surface area contributed by atoms with Gasteiger partial charge in [0.25, 0.3) is 0 Å². The average Bonchev–Trinajstić information content (AvgIpc) is 3.21. The molecule has 0 saturated heterocycles. The largest absolute Gasteiger partial charge is 0.348 e. The zero-order chi connectivity index (χ0) is 19.6. The highest BCUT2D eigenvalue weighted by Crippen LogP contribution is 2.22. The van der Waals surface area contributed by atoms with Crippen molar-refractivity contribution in [1.29, 1.82) is 0 Å². The van der Waals surface area contributed by atoms with E-state index in [1.165, 1.54) is 16.8 Å². The molecule has 0 aliphatic rings. The van der Waals surface area contributed by atoms with Crippen LogP contribution in [-0.4, -0.2) is 25.2 Å². The first-order valence-corrected chi connectivity index (χ1v) is 8.70. The zero-order valence-electron chi connectivity index (χ0n) is 15.4. The molecule has 0 saturated carbocycles. The van der Waals surface area contributed by atoms with Crippen molar-refractivity contribution in [1.82, 2.24) is 24.6 Å². The monoisotopic (exact) mass is 373 g/mol. The lowest BCUT2D eigenvalue weighted by Gasteiger charge is -2.15. The van der Waals surface area contributed by atoms with E-state index < -0.39 is 11.6 Å². The Balaban J connectivity index is 1.75. The van der Waals surface area contributed by atoms with Crippen molar-refractivity contribution in [3.05, 3.63) is 65.5 Å². The number of amides is 1. The number of aromatic nitrogens is 4. The summed E-state index contributed by atoms with van der Waals surface area (Å²) >= 11 is 0. The van der Waals surface area contributed by atoms with Gasteiger partial charge >= 0.3 is 0 Å². The number of nitrogens with one attached hydrogen (secondary N) is 1. The van der Waals surface area contributed by atoms with Gasteiger partial charge in [0, 0.05) is 36.1 Å². The van der Waals surface area contributed by atoms with E-state index in [4.69, 9.17) is 0 Å². The molecule has 0 spiro atoms. The summed E-state index contributed by atoms with van der Waals surface area (Å²) in [5.74, 6) is -0.659. The van der Waals surface area contributed by atoms with Gasteiger partial charge in [-0.05, 0) is 26.0 Å². The van der Waals surface area contributed by atoms with Crippen LogP contribution in [0.1, 0.15) is 37.0 Å². The number of benzene rings is 1. The second kappa shape index (κ2) is 7.69. The van der Waals surface area contributed by atoms with E-state index in [1.54, 1.807) is 30.1 Å². The van der Waals surface area contributed by atoms with Crippen LogP contribution in [0.15, 0.2) is 36.8 Å². The van der Waals surface area contributed by atoms with E-state index in [-0.39, 0.29) is 24.2 Å². The number of carbonyl (C=O) groups is 1. The molecule has 0 aliphatic heterocycles. The summed E-state index contributed by atoms with van der Waals surface area (Å²) in [5.41, 5.74) is 1.59. The summed E-state index contributed by atoms with van der Waals surface area (Å²) in [6.45, 7) is 5.76. The molecule has 0 aliphatic carbocycles. The van der Waals surface area contributed by atoms with Crippen molar-refractivity contribution in [2.24, 2.45) is 0 Å². The van der Waals surface area contributed by atoms with Crippen molar-refractivity contribution in [3.8, 4) is 5.69 Å². The lowest BCUT2D eigenvalue weighted by molar-refractivity contribution is -0.122. The highest BCUT2D eigenvalue weighted by molar-refractivity contribution is 5.76. The van der Waals surface area contributed by atoms with Crippen molar-refractivity contribution >= 4 is 5.91 Å². The average molecular weight is 373 g/mol. The summed E-state index contributed by atoms with van der Waals surface area (Å²) in [6.07, 6.45) is 5.76. The van der Waals surface area contributed by atoms with Gasteiger partial charge in [-0.25, -0.2) is 18.4 Å². The van der Waals surface area contributed by atoms with Crippen LogP contribution in [-0.2, 0) is 17.8 Å². The Morgan fingerprint density at radius 1 is 1.33 bits per heavy atom. The van der Waals surface area contributed by atoms with Gasteiger partial charge < -0.3 is 9.88 Å². The highest BCUT2D eigenvalue weighted by atomic mass is 19.1. The van der Waals surface area contributed by atoms with E-state index in [9.17, 15) is 13.6 Å². The normalized spacial score (nSPS) is 12.2. The minimum atomic E-state index is -0.698. The van der Waals surface area contributed by atoms with Crippen molar-refractivity contribution in [3.63, 3.8) is 0 Å². The molecular formula is C19H21F2N5O. The molecule has 6 nitrogen and oxygen atoms in total. The van der Waals surface area contributed by atoms with Gasteiger partial charge in [-0.3, -0.25) is 4.79 Å². The Morgan fingerprint density at radius 3 is 2.81 bits per heavy atom. The molecule has 1 atom stereocenters. The maximum absolute atomic E-state index is 14.0. The number of halogens is 2. The predicted octanol–water partition coefficient (Wildman–Crippen LogP) is 3.10. The molecule has 2 heterocycles. The third-order valence-corrected chi connectivity index (χ3v) is 4.46. The SMILES string of the molecule is CCc1nccn1CC(=O)NC(C)c1cnn(-c2ccc(F)cc2F)c1C. The van der Waals surface area contributed by atoms with Crippen LogP contribution in [0.5, 0.6) is 0 Å². The van der Waals surface area contributed by atoms with Gasteiger partial charge in [0.05, 0.1) is 12.2 Å². The molecule has 8 heteroatoms. The molecule has 0 fully saturated rings. The zero-order valence-corrected chi connectivity index (χ0v) is 15.4. The van der Waals surface area contributed by atoms with Gasteiger partial charge in [-0.2, -0.15) is 5.10 Å². The van der Waals surface area contributed by atoms with Crippen molar-refractivity contribution < 1.29 is 13.6 Å². The fourth-order valence-electron chi connectivity index (χ4n) is 3.06. The topological polar surface area (TPSA) is 64.7 Å². The predicted molar refractivity (Wildman–Crippen MR) is 96.4 cm³/mol. The molecule has 3 aromatic rings. The first-order valence-electron chi connectivity index (χ1n) is 8.70. The first-order chi connectivity index (χ1) is 12.9. The number of imidazole rings is 1. The summed E-state index contributed by atoms with van der Waals surface area (Å²) in [7, 11) is 0. The molecule has 27 heavy (non-hydrogen) atoms. The Kier molecular flexibility index (Phi) is 5.34. The molecule has 1 N–H and O–H groups in total. The van der Waals surface area contributed by atoms with Crippen LogP contribution >= 0.6 is 0 Å². The van der Waals surface area contributed by atoms with Crippen LogP contribution < -0.4 is 5.32 Å². The van der Waals surface area contributed by atoms with Crippen LogP contribution in [0.4, 0.5) is 8.78 Å². The summed E-state index contributed by atoms with van der Waals surface area (Å²) < 4.78 is 30.4. The quantitative estimate of drug-likeness (QED) is 0.722. The number of hydrogen-bond acceptors (Lipinski definition) is 3. The molecule has 3 rings (SSSR count). The third-order valence-electron chi connectivity index (χ3n) is 4.46. The molecule has 142 valence electrons. The molecule has 1 amide bonds. The van der Waals surface area contributed by atoms with Gasteiger partial charge in [0.1, 0.15) is 23.9 Å². The maximum Gasteiger partial charge on any atom is 0.240 e. The molecule has 1 unspecified atom stereocenters. The van der Waals surface area contributed by atoms with Gasteiger partial charge in [-0.1, -0.05) is 6.92 Å². The fourth-order valence-corrected chi connectivity index (χ4v) is 3.06. The summed E-state index contributed by atoms with van der Waals surface area (Å²) in [4.78, 5) is 16.6. The van der Waals surface area contributed by atoms with Crippen molar-refractivity contribution in [2.75, 3.05) is 0 Å². The number of hydrogen-bond donors (Lipinski definition) is 1. The second-order valence-corrected chi connectivity index (χ2v) is 6.31. The minimum Gasteiger partial charge on any atom is -0.348 e. The van der Waals surface area contributed by atoms with Gasteiger partial charge in [0.15, 0.2) is 5.82 Å². The van der Waals surface area contributed by atoms with E-state index in [1.807, 2.05) is 13.8 Å². The van der Waals surface area contributed by atoms with Gasteiger partial charge in [-0.15, -0.1) is 0 Å². The number of aryl methyl sites for hydroxylation is 1. The Labute approximate surface area is 155 Å². The van der Waals surface area contributed by atoms with E-state index >= 15 is 0 Å². The van der Waals surface area contributed by atoms with Crippen LogP contribution in [0.2, 0.25) is 0 Å². The van der Waals surface area contributed by atoms with Crippen LogP contribution in [0.25, 0.3) is 5.69 Å². The number of carbonyl (C=O) groups excluding carboxylic acids is 1. The number of nitrogens with zero attached hydrogens (tertiary/aromatic N) is 4. The Morgan fingerprint density at radius 2 is 2.11 bits per heavy atom. The lowest BCUT2D eigenvalue weighted by Crippen LogP contribution is -2.30. The summed E-state index contributed by atoms with van der Waals surface area (Å²) in [5, 5.41) is 7.12. The smallest absolute Gasteiger partial charge is 0.240 e. The Hall–Kier alpha value is -3.03. The molecule has 0 radical (unpaired) electrons. The molecule has 0 bridgehead atoms. The van der Waals surface area contributed by atoms with Crippen LogP contribution in [0, 0.1) is 18.6 Å². The lowest BCUT2D eigenvalue weighted by atomic mass is 10.1. The molecular weight excluding hydrogens is 352 g/mol. The minimum absolute atomic E-state index is 0.157.